The zero-order valence-corrected chi connectivity index (χ0v) is 13.0. The first-order valence-corrected chi connectivity index (χ1v) is 7.58. The Hall–Kier alpha value is -1.06. The summed E-state index contributed by atoms with van der Waals surface area (Å²) in [6.45, 7) is 9.16. The topological polar surface area (TPSA) is 32.3 Å². The fourth-order valence-electron chi connectivity index (χ4n) is 3.75. The number of fused-ring (bicyclic) bond motifs is 1. The Morgan fingerprint density at radius 2 is 2.15 bits per heavy atom. The van der Waals surface area contributed by atoms with Gasteiger partial charge in [-0.15, -0.1) is 0 Å². The molecule has 2 atom stereocenters. The van der Waals surface area contributed by atoms with E-state index in [0.29, 0.717) is 16.9 Å². The van der Waals surface area contributed by atoms with Gasteiger partial charge >= 0.3 is 0 Å². The van der Waals surface area contributed by atoms with Crippen molar-refractivity contribution < 1.29 is 4.79 Å². The van der Waals surface area contributed by atoms with E-state index >= 15 is 0 Å². The SMILES string of the molecule is Cc1c(Cl)cccc1C(=O)N1CC2CNCC2C1(C)C. The van der Waals surface area contributed by atoms with E-state index in [1.54, 1.807) is 0 Å². The molecule has 1 aromatic carbocycles. The second kappa shape index (κ2) is 4.74. The third kappa shape index (κ3) is 1.95. The highest BCUT2D eigenvalue weighted by Gasteiger charge is 2.51. The summed E-state index contributed by atoms with van der Waals surface area (Å²) in [7, 11) is 0. The molecule has 0 saturated carbocycles. The lowest BCUT2D eigenvalue weighted by molar-refractivity contribution is 0.0602. The van der Waals surface area contributed by atoms with Crippen molar-refractivity contribution in [1.82, 2.24) is 10.2 Å². The first kappa shape index (κ1) is 13.9. The van der Waals surface area contributed by atoms with E-state index < -0.39 is 0 Å². The van der Waals surface area contributed by atoms with Gasteiger partial charge in [-0.25, -0.2) is 0 Å². The van der Waals surface area contributed by atoms with E-state index in [2.05, 4.69) is 19.2 Å². The number of halogens is 1. The zero-order chi connectivity index (χ0) is 14.5. The summed E-state index contributed by atoms with van der Waals surface area (Å²) < 4.78 is 0. The lowest BCUT2D eigenvalue weighted by Gasteiger charge is -2.36. The number of amides is 1. The smallest absolute Gasteiger partial charge is 0.254 e. The molecule has 4 heteroatoms. The van der Waals surface area contributed by atoms with Gasteiger partial charge in [0.05, 0.1) is 0 Å². The van der Waals surface area contributed by atoms with Gasteiger partial charge in [0.25, 0.3) is 5.91 Å². The number of carbonyl (C=O) groups is 1. The van der Waals surface area contributed by atoms with Crippen LogP contribution >= 0.6 is 11.6 Å². The molecule has 2 aliphatic rings. The molecule has 20 heavy (non-hydrogen) atoms. The van der Waals surface area contributed by atoms with Crippen molar-refractivity contribution in [2.45, 2.75) is 26.3 Å². The minimum Gasteiger partial charge on any atom is -0.333 e. The van der Waals surface area contributed by atoms with Crippen LogP contribution in [0.4, 0.5) is 0 Å². The Labute approximate surface area is 125 Å². The lowest BCUT2D eigenvalue weighted by Crippen LogP contribution is -2.47. The Balaban J connectivity index is 1.93. The number of nitrogens with one attached hydrogen (secondary N) is 1. The molecule has 2 unspecified atom stereocenters. The van der Waals surface area contributed by atoms with Crippen LogP contribution in [0.3, 0.4) is 0 Å². The lowest BCUT2D eigenvalue weighted by atomic mass is 9.84. The molecular weight excluding hydrogens is 272 g/mol. The van der Waals surface area contributed by atoms with Gasteiger partial charge in [-0.2, -0.15) is 0 Å². The quantitative estimate of drug-likeness (QED) is 0.863. The second-order valence-corrected chi connectivity index (χ2v) is 6.91. The number of carbonyl (C=O) groups excluding carboxylic acids is 1. The number of benzene rings is 1. The van der Waals surface area contributed by atoms with Crippen LogP contribution in [0.5, 0.6) is 0 Å². The van der Waals surface area contributed by atoms with Gasteiger partial charge in [0.15, 0.2) is 0 Å². The van der Waals surface area contributed by atoms with E-state index in [4.69, 9.17) is 11.6 Å². The molecule has 2 fully saturated rings. The molecule has 0 bridgehead atoms. The minimum atomic E-state index is -0.0972. The normalized spacial score (nSPS) is 27.7. The van der Waals surface area contributed by atoms with Crippen molar-refractivity contribution in [2.75, 3.05) is 19.6 Å². The minimum absolute atomic E-state index is 0.0972. The standard InChI is InChI=1S/C16H21ClN2O/c1-10-12(5-4-6-14(10)17)15(20)19-9-11-7-18-8-13(11)16(19,2)3/h4-6,11,13,18H,7-9H2,1-3H3. The average Bonchev–Trinajstić information content (AvgIpc) is 2.95. The van der Waals surface area contributed by atoms with E-state index in [0.717, 1.165) is 30.8 Å². The van der Waals surface area contributed by atoms with Crippen molar-refractivity contribution in [2.24, 2.45) is 11.8 Å². The molecule has 1 amide bonds. The van der Waals surface area contributed by atoms with Crippen LogP contribution in [-0.2, 0) is 0 Å². The molecule has 0 aliphatic carbocycles. The Kier molecular flexibility index (Phi) is 3.30. The van der Waals surface area contributed by atoms with Crippen LogP contribution in [-0.4, -0.2) is 36.0 Å². The molecular formula is C16H21ClN2O. The third-order valence-electron chi connectivity index (χ3n) is 5.10. The number of likely N-dealkylation sites (tertiary alicyclic amines) is 1. The maximum Gasteiger partial charge on any atom is 0.254 e. The highest BCUT2D eigenvalue weighted by molar-refractivity contribution is 6.31. The number of hydrogen-bond donors (Lipinski definition) is 1. The predicted octanol–water partition coefficient (Wildman–Crippen LogP) is 2.72. The summed E-state index contributed by atoms with van der Waals surface area (Å²) in [5.41, 5.74) is 1.52. The molecule has 1 aromatic rings. The summed E-state index contributed by atoms with van der Waals surface area (Å²) in [6.07, 6.45) is 0. The monoisotopic (exact) mass is 292 g/mol. The molecule has 1 N–H and O–H groups in total. The van der Waals surface area contributed by atoms with Crippen LogP contribution in [0, 0.1) is 18.8 Å². The fraction of sp³-hybridized carbons (Fsp3) is 0.562. The van der Waals surface area contributed by atoms with E-state index in [-0.39, 0.29) is 11.4 Å². The van der Waals surface area contributed by atoms with E-state index in [1.807, 2.05) is 30.0 Å². The number of rotatable bonds is 1. The number of nitrogens with zero attached hydrogens (tertiary/aromatic N) is 1. The predicted molar refractivity (Wildman–Crippen MR) is 81.2 cm³/mol. The summed E-state index contributed by atoms with van der Waals surface area (Å²) in [5, 5.41) is 4.10. The Morgan fingerprint density at radius 1 is 1.40 bits per heavy atom. The first-order valence-electron chi connectivity index (χ1n) is 7.20. The van der Waals surface area contributed by atoms with Gasteiger partial charge in [0.2, 0.25) is 0 Å². The Morgan fingerprint density at radius 3 is 2.85 bits per heavy atom. The van der Waals surface area contributed by atoms with Crippen LogP contribution in [0.2, 0.25) is 5.02 Å². The summed E-state index contributed by atoms with van der Waals surface area (Å²) in [6, 6.07) is 5.57. The van der Waals surface area contributed by atoms with E-state index in [9.17, 15) is 4.79 Å². The highest BCUT2D eigenvalue weighted by atomic mass is 35.5. The third-order valence-corrected chi connectivity index (χ3v) is 5.51. The molecule has 2 saturated heterocycles. The Bertz CT molecular complexity index is 555. The fourth-order valence-corrected chi connectivity index (χ4v) is 3.93. The maximum atomic E-state index is 12.9. The largest absolute Gasteiger partial charge is 0.333 e. The molecule has 2 aliphatic heterocycles. The summed E-state index contributed by atoms with van der Waals surface area (Å²) in [5.74, 6) is 1.24. The van der Waals surface area contributed by atoms with Gasteiger partial charge in [0.1, 0.15) is 0 Å². The first-order chi connectivity index (χ1) is 9.43. The average molecular weight is 293 g/mol. The molecule has 108 valence electrons. The van der Waals surface area contributed by atoms with Gasteiger partial charge in [-0.1, -0.05) is 17.7 Å². The maximum absolute atomic E-state index is 12.9. The van der Waals surface area contributed by atoms with Crippen LogP contribution in [0.25, 0.3) is 0 Å². The van der Waals surface area contributed by atoms with Crippen molar-refractivity contribution in [3.63, 3.8) is 0 Å². The van der Waals surface area contributed by atoms with Crippen LogP contribution in [0.15, 0.2) is 18.2 Å². The molecule has 0 spiro atoms. The summed E-state index contributed by atoms with van der Waals surface area (Å²) in [4.78, 5) is 15.0. The van der Waals surface area contributed by atoms with Gasteiger partial charge < -0.3 is 10.2 Å². The molecule has 3 rings (SSSR count). The molecule has 2 heterocycles. The van der Waals surface area contributed by atoms with Crippen molar-refractivity contribution in [1.29, 1.82) is 0 Å². The van der Waals surface area contributed by atoms with Crippen molar-refractivity contribution >= 4 is 17.5 Å². The van der Waals surface area contributed by atoms with Crippen LogP contribution in [0.1, 0.15) is 29.8 Å². The summed E-state index contributed by atoms with van der Waals surface area (Å²) >= 11 is 6.15. The van der Waals surface area contributed by atoms with Gasteiger partial charge in [0, 0.05) is 35.8 Å². The molecule has 0 aromatic heterocycles. The van der Waals surface area contributed by atoms with Crippen molar-refractivity contribution in [3.05, 3.63) is 34.3 Å². The van der Waals surface area contributed by atoms with Crippen molar-refractivity contribution in [3.8, 4) is 0 Å². The molecule has 0 radical (unpaired) electrons. The second-order valence-electron chi connectivity index (χ2n) is 6.51. The van der Waals surface area contributed by atoms with Gasteiger partial charge in [-0.05, 0) is 50.3 Å². The zero-order valence-electron chi connectivity index (χ0n) is 12.2. The van der Waals surface area contributed by atoms with Gasteiger partial charge in [-0.3, -0.25) is 4.79 Å². The number of hydrogen-bond acceptors (Lipinski definition) is 2. The molecule has 3 nitrogen and oxygen atoms in total. The highest BCUT2D eigenvalue weighted by Crippen LogP contribution is 2.41. The van der Waals surface area contributed by atoms with E-state index in [1.165, 1.54) is 0 Å². The van der Waals surface area contributed by atoms with Crippen LogP contribution < -0.4 is 5.32 Å².